The van der Waals surface area contributed by atoms with Crippen molar-refractivity contribution in [2.24, 2.45) is 5.92 Å². The van der Waals surface area contributed by atoms with E-state index in [2.05, 4.69) is 0 Å². The molecule has 142 valence electrons. The van der Waals surface area contributed by atoms with Gasteiger partial charge in [0.1, 0.15) is 5.82 Å². The molecule has 0 spiro atoms. The van der Waals surface area contributed by atoms with Crippen LogP contribution >= 0.6 is 0 Å². The van der Waals surface area contributed by atoms with Crippen molar-refractivity contribution in [3.63, 3.8) is 0 Å². The van der Waals surface area contributed by atoms with Crippen molar-refractivity contribution >= 4 is 11.7 Å². The Hall–Kier alpha value is -3.21. The number of halogens is 1. The quantitative estimate of drug-likeness (QED) is 0.613. The van der Waals surface area contributed by atoms with E-state index in [1.807, 2.05) is 30.3 Å². The number of benzene rings is 2. The molecule has 1 fully saturated rings. The highest BCUT2D eigenvalue weighted by Gasteiger charge is 2.30. The summed E-state index contributed by atoms with van der Waals surface area (Å²) in [6.45, 7) is 0.908. The molecule has 2 aromatic carbocycles. The van der Waals surface area contributed by atoms with Crippen molar-refractivity contribution < 1.29 is 18.4 Å². The first-order chi connectivity index (χ1) is 13.6. The Bertz CT molecular complexity index is 982. The lowest BCUT2D eigenvalue weighted by molar-refractivity contribution is 0.0610. The summed E-state index contributed by atoms with van der Waals surface area (Å²) in [4.78, 5) is 27.0. The number of hydrogen-bond acceptors (Lipinski definition) is 3. The summed E-state index contributed by atoms with van der Waals surface area (Å²) in [6, 6.07) is 17.1. The van der Waals surface area contributed by atoms with Crippen LogP contribution in [-0.2, 0) is 0 Å². The highest BCUT2D eigenvalue weighted by Crippen LogP contribution is 2.27. The van der Waals surface area contributed by atoms with E-state index in [0.717, 1.165) is 12.0 Å². The number of likely N-dealkylation sites (tertiary alicyclic amines) is 1. The van der Waals surface area contributed by atoms with Crippen LogP contribution in [0, 0.1) is 11.7 Å². The van der Waals surface area contributed by atoms with E-state index in [9.17, 15) is 14.0 Å². The maximum Gasteiger partial charge on any atom is 0.289 e. The van der Waals surface area contributed by atoms with Crippen molar-refractivity contribution in [1.29, 1.82) is 0 Å². The van der Waals surface area contributed by atoms with Gasteiger partial charge in [0, 0.05) is 30.1 Å². The molecular formula is C23H20FNO3. The molecule has 0 radical (unpaired) electrons. The topological polar surface area (TPSA) is 50.5 Å². The molecule has 1 atom stereocenters. The fourth-order valence-electron chi connectivity index (χ4n) is 3.69. The predicted octanol–water partition coefficient (Wildman–Crippen LogP) is 4.82. The Kier molecular flexibility index (Phi) is 5.06. The molecule has 1 aliphatic rings. The zero-order chi connectivity index (χ0) is 19.5. The molecule has 0 bridgehead atoms. The molecular weight excluding hydrogens is 357 g/mol. The highest BCUT2D eigenvalue weighted by atomic mass is 19.1. The highest BCUT2D eigenvalue weighted by molar-refractivity contribution is 5.99. The Morgan fingerprint density at radius 3 is 2.57 bits per heavy atom. The SMILES string of the molecule is O=C(c1ccc(-c2ccccc2)c(F)c1)[C@H]1CCCN(C(=O)c2ccco2)C1. The number of rotatable bonds is 4. The molecule has 1 aromatic heterocycles. The molecule has 3 aromatic rings. The van der Waals surface area contributed by atoms with Crippen molar-refractivity contribution in [1.82, 2.24) is 4.90 Å². The van der Waals surface area contributed by atoms with Gasteiger partial charge in [-0.3, -0.25) is 9.59 Å². The first kappa shape index (κ1) is 18.2. The lowest BCUT2D eigenvalue weighted by Crippen LogP contribution is -2.42. The molecule has 1 aliphatic heterocycles. The average Bonchev–Trinajstić information content (AvgIpc) is 3.28. The second-order valence-electron chi connectivity index (χ2n) is 6.99. The smallest absolute Gasteiger partial charge is 0.289 e. The number of Topliss-reactive ketones (excluding diaryl/α,β-unsaturated/α-hetero) is 1. The van der Waals surface area contributed by atoms with Gasteiger partial charge in [0.2, 0.25) is 0 Å². The third-order valence-corrected chi connectivity index (χ3v) is 5.15. The number of furan rings is 1. The summed E-state index contributed by atoms with van der Waals surface area (Å²) < 4.78 is 19.8. The lowest BCUT2D eigenvalue weighted by Gasteiger charge is -2.31. The summed E-state index contributed by atoms with van der Waals surface area (Å²) in [6.07, 6.45) is 2.87. The van der Waals surface area contributed by atoms with Crippen LogP contribution in [-0.4, -0.2) is 29.7 Å². The number of ketones is 1. The maximum absolute atomic E-state index is 14.6. The van der Waals surface area contributed by atoms with Crippen LogP contribution in [0.25, 0.3) is 11.1 Å². The number of nitrogens with zero attached hydrogens (tertiary/aromatic N) is 1. The van der Waals surface area contributed by atoms with E-state index in [0.29, 0.717) is 30.6 Å². The van der Waals surface area contributed by atoms with E-state index < -0.39 is 5.82 Å². The Labute approximate surface area is 162 Å². The van der Waals surface area contributed by atoms with Crippen LogP contribution in [0.2, 0.25) is 0 Å². The van der Waals surface area contributed by atoms with Crippen LogP contribution in [0.5, 0.6) is 0 Å². The van der Waals surface area contributed by atoms with E-state index >= 15 is 0 Å². The van der Waals surface area contributed by atoms with Gasteiger partial charge in [0.15, 0.2) is 11.5 Å². The number of carbonyl (C=O) groups excluding carboxylic acids is 2. The zero-order valence-electron chi connectivity index (χ0n) is 15.3. The molecule has 2 heterocycles. The van der Waals surface area contributed by atoms with Crippen LogP contribution in [0.15, 0.2) is 71.3 Å². The van der Waals surface area contributed by atoms with Crippen molar-refractivity contribution in [3.05, 3.63) is 84.1 Å². The molecule has 5 heteroatoms. The predicted molar refractivity (Wildman–Crippen MR) is 104 cm³/mol. The second kappa shape index (κ2) is 7.80. The van der Waals surface area contributed by atoms with Gasteiger partial charge in [-0.25, -0.2) is 4.39 Å². The fourth-order valence-corrected chi connectivity index (χ4v) is 3.69. The molecule has 0 unspecified atom stereocenters. The Morgan fingerprint density at radius 1 is 1.04 bits per heavy atom. The summed E-state index contributed by atoms with van der Waals surface area (Å²) >= 11 is 0. The minimum absolute atomic E-state index is 0.129. The first-order valence-electron chi connectivity index (χ1n) is 9.35. The Balaban J connectivity index is 1.51. The monoisotopic (exact) mass is 377 g/mol. The molecule has 1 saturated heterocycles. The van der Waals surface area contributed by atoms with Gasteiger partial charge in [-0.05, 0) is 36.6 Å². The minimum atomic E-state index is -0.420. The molecule has 4 rings (SSSR count). The van der Waals surface area contributed by atoms with Gasteiger partial charge in [0.05, 0.1) is 6.26 Å². The normalized spacial score (nSPS) is 16.8. The summed E-state index contributed by atoms with van der Waals surface area (Å²) in [7, 11) is 0. The van der Waals surface area contributed by atoms with E-state index in [-0.39, 0.29) is 23.4 Å². The lowest BCUT2D eigenvalue weighted by atomic mass is 9.89. The van der Waals surface area contributed by atoms with Crippen molar-refractivity contribution in [3.8, 4) is 11.1 Å². The molecule has 0 saturated carbocycles. The second-order valence-corrected chi connectivity index (χ2v) is 6.99. The van der Waals surface area contributed by atoms with E-state index in [4.69, 9.17) is 4.42 Å². The van der Waals surface area contributed by atoms with E-state index in [1.54, 1.807) is 29.2 Å². The third-order valence-electron chi connectivity index (χ3n) is 5.15. The largest absolute Gasteiger partial charge is 0.459 e. The minimum Gasteiger partial charge on any atom is -0.459 e. The summed E-state index contributed by atoms with van der Waals surface area (Å²) in [5, 5.41) is 0. The van der Waals surface area contributed by atoms with Crippen LogP contribution in [0.3, 0.4) is 0 Å². The number of carbonyl (C=O) groups is 2. The average molecular weight is 377 g/mol. The van der Waals surface area contributed by atoms with Gasteiger partial charge < -0.3 is 9.32 Å². The fraction of sp³-hybridized carbons (Fsp3) is 0.217. The molecule has 0 N–H and O–H groups in total. The van der Waals surface area contributed by atoms with Crippen molar-refractivity contribution in [2.45, 2.75) is 12.8 Å². The summed E-state index contributed by atoms with van der Waals surface area (Å²) in [5.41, 5.74) is 1.58. The molecule has 28 heavy (non-hydrogen) atoms. The first-order valence-corrected chi connectivity index (χ1v) is 9.35. The maximum atomic E-state index is 14.6. The number of hydrogen-bond donors (Lipinski definition) is 0. The summed E-state index contributed by atoms with van der Waals surface area (Å²) in [5.74, 6) is -0.832. The molecule has 4 nitrogen and oxygen atoms in total. The van der Waals surface area contributed by atoms with Crippen LogP contribution in [0.1, 0.15) is 33.8 Å². The van der Waals surface area contributed by atoms with Gasteiger partial charge >= 0.3 is 0 Å². The van der Waals surface area contributed by atoms with Gasteiger partial charge in [-0.2, -0.15) is 0 Å². The number of amides is 1. The molecule has 0 aliphatic carbocycles. The van der Waals surface area contributed by atoms with Crippen molar-refractivity contribution in [2.75, 3.05) is 13.1 Å². The van der Waals surface area contributed by atoms with Gasteiger partial charge in [0.25, 0.3) is 5.91 Å². The van der Waals surface area contributed by atoms with Gasteiger partial charge in [-0.15, -0.1) is 0 Å². The standard InChI is InChI=1S/C23H20FNO3/c24-20-14-17(10-11-19(20)16-6-2-1-3-7-16)22(26)18-8-4-12-25(15-18)23(27)21-9-5-13-28-21/h1-3,5-7,9-11,13-14,18H,4,8,12,15H2/t18-/m0/s1. The molecule has 1 amide bonds. The van der Waals surface area contributed by atoms with Crippen LogP contribution < -0.4 is 0 Å². The Morgan fingerprint density at radius 2 is 1.86 bits per heavy atom. The van der Waals surface area contributed by atoms with Crippen LogP contribution in [0.4, 0.5) is 4.39 Å². The zero-order valence-corrected chi connectivity index (χ0v) is 15.3. The number of piperidine rings is 1. The van der Waals surface area contributed by atoms with E-state index in [1.165, 1.54) is 12.3 Å². The third kappa shape index (κ3) is 3.60. The van der Waals surface area contributed by atoms with Gasteiger partial charge in [-0.1, -0.05) is 42.5 Å².